The van der Waals surface area contributed by atoms with E-state index in [1.54, 1.807) is 34.9 Å². The number of amides is 1. The third kappa shape index (κ3) is 4.19. The van der Waals surface area contributed by atoms with Gasteiger partial charge in [0.25, 0.3) is 11.6 Å². The summed E-state index contributed by atoms with van der Waals surface area (Å²) in [7, 11) is 1.54. The number of terminal acetylenes is 1. The summed E-state index contributed by atoms with van der Waals surface area (Å²) in [6, 6.07) is 11.3. The van der Waals surface area contributed by atoms with Gasteiger partial charge in [-0.25, -0.2) is 0 Å². The zero-order valence-corrected chi connectivity index (χ0v) is 15.6. The Labute approximate surface area is 163 Å². The van der Waals surface area contributed by atoms with Crippen molar-refractivity contribution in [2.45, 2.75) is 6.54 Å². The number of carbonyl (C=O) groups is 1. The number of hydrogen-bond acceptors (Lipinski definition) is 6. The Balaban J connectivity index is 1.88. The minimum absolute atomic E-state index is 0.0409. The maximum absolute atomic E-state index is 12.3. The highest BCUT2D eigenvalue weighted by Crippen LogP contribution is 2.23. The second kappa shape index (κ2) is 8.37. The second-order valence-corrected chi connectivity index (χ2v) is 6.57. The number of thiazole rings is 1. The fourth-order valence-electron chi connectivity index (χ4n) is 2.48. The van der Waals surface area contributed by atoms with Gasteiger partial charge in [-0.15, -0.1) is 6.42 Å². The van der Waals surface area contributed by atoms with E-state index < -0.39 is 10.8 Å². The van der Waals surface area contributed by atoms with E-state index in [2.05, 4.69) is 10.9 Å². The van der Waals surface area contributed by atoms with Crippen LogP contribution in [0.5, 0.6) is 11.5 Å². The van der Waals surface area contributed by atoms with E-state index in [1.807, 2.05) is 0 Å². The fraction of sp³-hybridized carbons (Fsp3) is 0.158. The monoisotopic (exact) mass is 397 g/mol. The molecule has 0 saturated carbocycles. The molecule has 142 valence electrons. The normalized spacial score (nSPS) is 11.2. The van der Waals surface area contributed by atoms with Gasteiger partial charge in [0.1, 0.15) is 11.5 Å². The highest BCUT2D eigenvalue weighted by Gasteiger charge is 2.12. The molecule has 0 N–H and O–H groups in total. The van der Waals surface area contributed by atoms with Gasteiger partial charge in [0, 0.05) is 18.2 Å². The molecule has 0 saturated heterocycles. The number of hydrogen-bond donors (Lipinski definition) is 0. The Hall–Kier alpha value is -3.64. The molecule has 8 nitrogen and oxygen atoms in total. The van der Waals surface area contributed by atoms with E-state index in [4.69, 9.17) is 15.9 Å². The third-order valence-electron chi connectivity index (χ3n) is 3.75. The van der Waals surface area contributed by atoms with E-state index in [0.717, 1.165) is 11.3 Å². The number of methoxy groups -OCH3 is 1. The van der Waals surface area contributed by atoms with Crippen molar-refractivity contribution in [3.8, 4) is 23.8 Å². The standard InChI is InChI=1S/C19H15N3O5S/c1-3-9-21-16-8-7-13(22(24)25)10-17(16)28-19(21)20-18(23)12-27-15-6-4-5-14(11-15)26-2/h1,4-8,10-11H,9,12H2,2H3. The van der Waals surface area contributed by atoms with Crippen molar-refractivity contribution in [3.05, 3.63) is 57.4 Å². The van der Waals surface area contributed by atoms with Crippen molar-refractivity contribution < 1.29 is 19.2 Å². The minimum atomic E-state index is -0.505. The first kappa shape index (κ1) is 19.1. The molecule has 0 radical (unpaired) electrons. The first-order valence-electron chi connectivity index (χ1n) is 8.07. The molecule has 3 rings (SSSR count). The van der Waals surface area contributed by atoms with E-state index >= 15 is 0 Å². The summed E-state index contributed by atoms with van der Waals surface area (Å²) in [5.74, 6) is 3.09. The van der Waals surface area contributed by atoms with Gasteiger partial charge in [-0.1, -0.05) is 23.3 Å². The number of ether oxygens (including phenoxy) is 2. The summed E-state index contributed by atoms with van der Waals surface area (Å²) in [6.07, 6.45) is 5.41. The molecule has 1 amide bonds. The van der Waals surface area contributed by atoms with Crippen molar-refractivity contribution in [1.29, 1.82) is 0 Å². The highest BCUT2D eigenvalue weighted by atomic mass is 32.1. The zero-order chi connectivity index (χ0) is 20.1. The Bertz CT molecular complexity index is 1160. The van der Waals surface area contributed by atoms with Crippen molar-refractivity contribution >= 4 is 33.1 Å². The molecule has 1 aromatic heterocycles. The number of nitro benzene ring substituents is 1. The summed E-state index contributed by atoms with van der Waals surface area (Å²) in [5, 5.41) is 11.0. The minimum Gasteiger partial charge on any atom is -0.497 e. The first-order chi connectivity index (χ1) is 13.5. The van der Waals surface area contributed by atoms with Crippen LogP contribution in [0.3, 0.4) is 0 Å². The molecule has 0 unspecified atom stereocenters. The lowest BCUT2D eigenvalue weighted by Gasteiger charge is -2.05. The quantitative estimate of drug-likeness (QED) is 0.362. The van der Waals surface area contributed by atoms with Crippen LogP contribution in [0.25, 0.3) is 10.2 Å². The van der Waals surface area contributed by atoms with Crippen molar-refractivity contribution in [1.82, 2.24) is 4.57 Å². The third-order valence-corrected chi connectivity index (χ3v) is 4.79. The molecular weight excluding hydrogens is 382 g/mol. The largest absolute Gasteiger partial charge is 0.497 e. The van der Waals surface area contributed by atoms with E-state index in [-0.39, 0.29) is 18.8 Å². The van der Waals surface area contributed by atoms with E-state index in [9.17, 15) is 14.9 Å². The number of aromatic nitrogens is 1. The van der Waals surface area contributed by atoms with Gasteiger partial charge in [0.05, 0.1) is 28.8 Å². The fourth-order valence-corrected chi connectivity index (χ4v) is 3.56. The van der Waals surface area contributed by atoms with Crippen LogP contribution in [0.2, 0.25) is 0 Å². The predicted molar refractivity (Wildman–Crippen MR) is 104 cm³/mol. The Morgan fingerprint density at radius 3 is 2.82 bits per heavy atom. The van der Waals surface area contributed by atoms with Crippen LogP contribution in [0.15, 0.2) is 47.5 Å². The molecule has 0 aliphatic heterocycles. The predicted octanol–water partition coefficient (Wildman–Crippen LogP) is 2.76. The molecule has 0 atom stereocenters. The number of non-ortho nitro benzene ring substituents is 1. The molecule has 0 spiro atoms. The Kier molecular flexibility index (Phi) is 5.72. The summed E-state index contributed by atoms with van der Waals surface area (Å²) in [6.45, 7) is -0.0850. The molecule has 9 heteroatoms. The van der Waals surface area contributed by atoms with Gasteiger partial charge in [0.2, 0.25) is 0 Å². The molecule has 0 bridgehead atoms. The number of carbonyl (C=O) groups excluding carboxylic acids is 1. The first-order valence-corrected chi connectivity index (χ1v) is 8.89. The number of rotatable bonds is 6. The lowest BCUT2D eigenvalue weighted by Crippen LogP contribution is -2.19. The smallest absolute Gasteiger partial charge is 0.286 e. The van der Waals surface area contributed by atoms with Crippen LogP contribution in [0.4, 0.5) is 5.69 Å². The molecular formula is C19H15N3O5S. The molecule has 0 aliphatic rings. The van der Waals surface area contributed by atoms with Crippen LogP contribution in [0, 0.1) is 22.5 Å². The molecule has 0 aliphatic carbocycles. The molecule has 28 heavy (non-hydrogen) atoms. The average molecular weight is 397 g/mol. The zero-order valence-electron chi connectivity index (χ0n) is 14.8. The van der Waals surface area contributed by atoms with Crippen molar-refractivity contribution in [2.75, 3.05) is 13.7 Å². The lowest BCUT2D eigenvalue weighted by molar-refractivity contribution is -0.384. The van der Waals surface area contributed by atoms with Gasteiger partial charge >= 0.3 is 0 Å². The topological polar surface area (TPSA) is 96.0 Å². The van der Waals surface area contributed by atoms with Crippen LogP contribution in [-0.2, 0) is 11.3 Å². The molecule has 0 fully saturated rings. The van der Waals surface area contributed by atoms with Gasteiger partial charge in [-0.3, -0.25) is 14.9 Å². The summed E-state index contributed by atoms with van der Waals surface area (Å²) >= 11 is 1.15. The number of nitrogens with zero attached hydrogens (tertiary/aromatic N) is 3. The lowest BCUT2D eigenvalue weighted by atomic mass is 10.3. The number of benzene rings is 2. The Morgan fingerprint density at radius 1 is 1.32 bits per heavy atom. The van der Waals surface area contributed by atoms with Gasteiger partial charge in [-0.05, 0) is 18.2 Å². The van der Waals surface area contributed by atoms with Crippen LogP contribution in [-0.4, -0.2) is 29.1 Å². The van der Waals surface area contributed by atoms with Crippen molar-refractivity contribution in [3.63, 3.8) is 0 Å². The van der Waals surface area contributed by atoms with E-state index in [1.165, 1.54) is 19.2 Å². The van der Waals surface area contributed by atoms with E-state index in [0.29, 0.717) is 26.5 Å². The van der Waals surface area contributed by atoms with Crippen LogP contribution in [0.1, 0.15) is 0 Å². The number of nitro groups is 1. The van der Waals surface area contributed by atoms with Crippen LogP contribution < -0.4 is 14.3 Å². The Morgan fingerprint density at radius 2 is 2.11 bits per heavy atom. The molecule has 2 aromatic carbocycles. The SMILES string of the molecule is C#CCn1c(=NC(=O)COc2cccc(OC)c2)sc2cc([N+](=O)[O-])ccc21. The summed E-state index contributed by atoms with van der Waals surface area (Å²) < 4.78 is 12.8. The van der Waals surface area contributed by atoms with Crippen molar-refractivity contribution in [2.24, 2.45) is 4.99 Å². The maximum atomic E-state index is 12.3. The molecule has 3 aromatic rings. The van der Waals surface area contributed by atoms with Gasteiger partial charge in [-0.2, -0.15) is 4.99 Å². The van der Waals surface area contributed by atoms with Crippen LogP contribution >= 0.6 is 11.3 Å². The highest BCUT2D eigenvalue weighted by molar-refractivity contribution is 7.16. The number of fused-ring (bicyclic) bond motifs is 1. The maximum Gasteiger partial charge on any atom is 0.286 e. The molecule has 1 heterocycles. The second-order valence-electron chi connectivity index (χ2n) is 5.56. The summed E-state index contributed by atoms with van der Waals surface area (Å²) in [5.41, 5.74) is 0.634. The van der Waals surface area contributed by atoms with Gasteiger partial charge in [0.15, 0.2) is 11.4 Å². The van der Waals surface area contributed by atoms with Gasteiger partial charge < -0.3 is 14.0 Å². The average Bonchev–Trinajstić information content (AvgIpc) is 3.03. The summed E-state index contributed by atoms with van der Waals surface area (Å²) in [4.78, 5) is 27.2.